The van der Waals surface area contributed by atoms with Gasteiger partial charge in [-0.2, -0.15) is 0 Å². The van der Waals surface area contributed by atoms with Crippen LogP contribution in [-0.4, -0.2) is 20.5 Å². The minimum atomic E-state index is -3.72. The minimum Gasteiger partial charge on any atom is -0.352 e. The highest BCUT2D eigenvalue weighted by atomic mass is 32.2. The third kappa shape index (κ3) is 7.03. The van der Waals surface area contributed by atoms with Gasteiger partial charge in [0, 0.05) is 0 Å². The SMILES string of the molecule is NC(=O)NNS(=O)(=O)c1ccccc1.NC(N)=O. The third-order valence-corrected chi connectivity index (χ3v) is 2.63. The van der Waals surface area contributed by atoms with Crippen molar-refractivity contribution in [2.75, 3.05) is 0 Å². The van der Waals surface area contributed by atoms with Crippen molar-refractivity contribution in [1.82, 2.24) is 10.3 Å². The molecule has 0 radical (unpaired) electrons. The van der Waals surface area contributed by atoms with Gasteiger partial charge in [-0.15, -0.1) is 4.83 Å². The first-order chi connectivity index (χ1) is 8.25. The van der Waals surface area contributed by atoms with Crippen LogP contribution < -0.4 is 27.5 Å². The van der Waals surface area contributed by atoms with Crippen LogP contribution in [0.1, 0.15) is 0 Å². The van der Waals surface area contributed by atoms with Crippen molar-refractivity contribution >= 4 is 22.1 Å². The highest BCUT2D eigenvalue weighted by Gasteiger charge is 2.12. The maximum atomic E-state index is 11.4. The van der Waals surface area contributed by atoms with Gasteiger partial charge in [-0.1, -0.05) is 18.2 Å². The van der Waals surface area contributed by atoms with E-state index in [0.29, 0.717) is 0 Å². The number of carbonyl (C=O) groups excluding carboxylic acids is 2. The molecule has 0 saturated carbocycles. The van der Waals surface area contributed by atoms with Crippen LogP contribution in [0.3, 0.4) is 0 Å². The molecule has 9 nitrogen and oxygen atoms in total. The van der Waals surface area contributed by atoms with Crippen molar-refractivity contribution in [3.05, 3.63) is 30.3 Å². The number of hydrazine groups is 1. The Morgan fingerprint density at radius 2 is 1.44 bits per heavy atom. The summed E-state index contributed by atoms with van der Waals surface area (Å²) in [5.41, 5.74) is 15.0. The van der Waals surface area contributed by atoms with Crippen LogP contribution in [0.25, 0.3) is 0 Å². The lowest BCUT2D eigenvalue weighted by Crippen LogP contribution is -2.44. The molecule has 18 heavy (non-hydrogen) atoms. The summed E-state index contributed by atoms with van der Waals surface area (Å²) in [6.07, 6.45) is 0. The zero-order valence-electron chi connectivity index (χ0n) is 9.16. The number of primary amides is 3. The molecule has 0 bridgehead atoms. The van der Waals surface area contributed by atoms with Gasteiger partial charge in [0.15, 0.2) is 0 Å². The predicted octanol–water partition coefficient (Wildman–Crippen LogP) is -1.43. The van der Waals surface area contributed by atoms with E-state index in [4.69, 9.17) is 10.5 Å². The highest BCUT2D eigenvalue weighted by molar-refractivity contribution is 7.89. The Balaban J connectivity index is 0.000000631. The van der Waals surface area contributed by atoms with Crippen LogP contribution in [0.2, 0.25) is 0 Å². The van der Waals surface area contributed by atoms with Crippen LogP contribution in [0.4, 0.5) is 9.59 Å². The first-order valence-corrected chi connectivity index (χ1v) is 5.91. The second-order valence-electron chi connectivity index (χ2n) is 2.81. The fourth-order valence-electron chi connectivity index (χ4n) is 0.776. The lowest BCUT2D eigenvalue weighted by atomic mass is 10.4. The molecule has 4 amide bonds. The third-order valence-electron chi connectivity index (χ3n) is 1.36. The molecule has 0 saturated heterocycles. The Morgan fingerprint density at radius 3 is 1.83 bits per heavy atom. The molecule has 0 aliphatic rings. The number of hydrogen-bond donors (Lipinski definition) is 5. The number of sulfonamides is 1. The Morgan fingerprint density at radius 1 is 1.00 bits per heavy atom. The van der Waals surface area contributed by atoms with Gasteiger partial charge in [-0.3, -0.25) is 5.43 Å². The van der Waals surface area contributed by atoms with Crippen LogP contribution >= 0.6 is 0 Å². The van der Waals surface area contributed by atoms with Crippen LogP contribution in [-0.2, 0) is 10.0 Å². The normalized spacial score (nSPS) is 9.78. The molecule has 0 aromatic heterocycles. The minimum absolute atomic E-state index is 0.0498. The molecule has 0 aliphatic carbocycles. The number of rotatable bonds is 3. The quantitative estimate of drug-likeness (QED) is 0.426. The lowest BCUT2D eigenvalue weighted by Gasteiger charge is -2.05. The Hall–Kier alpha value is -2.33. The number of carbonyl (C=O) groups is 2. The summed E-state index contributed by atoms with van der Waals surface area (Å²) >= 11 is 0. The fraction of sp³-hybridized carbons (Fsp3) is 0. The molecule has 8 N–H and O–H groups in total. The maximum Gasteiger partial charge on any atom is 0.327 e. The Labute approximate surface area is 103 Å². The summed E-state index contributed by atoms with van der Waals surface area (Å²) in [5, 5.41) is 0. The van der Waals surface area contributed by atoms with E-state index in [1.165, 1.54) is 12.1 Å². The average molecular weight is 275 g/mol. The van der Waals surface area contributed by atoms with E-state index in [1.54, 1.807) is 23.6 Å². The summed E-state index contributed by atoms with van der Waals surface area (Å²) < 4.78 is 22.7. The molecule has 0 fully saturated rings. The molecule has 0 unspecified atom stereocenters. The predicted molar refractivity (Wildman–Crippen MR) is 63.3 cm³/mol. The standard InChI is InChI=1S/C7H9N3O3S.CH4N2O/c8-7(11)9-10-14(12,13)6-4-2-1-3-5-6;2-1(3)4/h1-5,10H,(H3,8,9,11);(H4,2,3,4). The molecule has 1 rings (SSSR count). The van der Waals surface area contributed by atoms with Gasteiger partial charge in [0.1, 0.15) is 0 Å². The molecule has 0 aliphatic heterocycles. The Bertz CT molecular complexity index is 497. The second kappa shape index (κ2) is 7.09. The van der Waals surface area contributed by atoms with E-state index in [1.807, 2.05) is 4.83 Å². The van der Waals surface area contributed by atoms with E-state index in [-0.39, 0.29) is 4.90 Å². The first-order valence-electron chi connectivity index (χ1n) is 4.43. The Kier molecular flexibility index (Phi) is 6.17. The molecule has 100 valence electrons. The summed E-state index contributed by atoms with van der Waals surface area (Å²) in [7, 11) is -3.72. The van der Waals surface area contributed by atoms with Gasteiger partial charge in [0.2, 0.25) is 0 Å². The number of urea groups is 2. The van der Waals surface area contributed by atoms with Crippen molar-refractivity contribution in [3.8, 4) is 0 Å². The molecule has 0 spiro atoms. The van der Waals surface area contributed by atoms with Crippen molar-refractivity contribution in [3.63, 3.8) is 0 Å². The van der Waals surface area contributed by atoms with Gasteiger partial charge in [-0.05, 0) is 12.1 Å². The van der Waals surface area contributed by atoms with E-state index >= 15 is 0 Å². The summed E-state index contributed by atoms with van der Waals surface area (Å²) in [6, 6.07) is 5.80. The van der Waals surface area contributed by atoms with Crippen molar-refractivity contribution < 1.29 is 18.0 Å². The molecule has 1 aromatic carbocycles. The average Bonchev–Trinajstić information content (AvgIpc) is 2.27. The second-order valence-corrected chi connectivity index (χ2v) is 4.49. The topological polar surface area (TPSA) is 170 Å². The van der Waals surface area contributed by atoms with E-state index in [0.717, 1.165) is 0 Å². The molecule has 0 atom stereocenters. The van der Waals surface area contributed by atoms with Crippen molar-refractivity contribution in [2.24, 2.45) is 17.2 Å². The molecular formula is C8H13N5O4S. The fourth-order valence-corrected chi connectivity index (χ4v) is 1.64. The number of amides is 4. The van der Waals surface area contributed by atoms with Crippen molar-refractivity contribution in [1.29, 1.82) is 0 Å². The largest absolute Gasteiger partial charge is 0.352 e. The van der Waals surface area contributed by atoms with Crippen LogP contribution in [0.5, 0.6) is 0 Å². The van der Waals surface area contributed by atoms with Gasteiger partial charge in [0.05, 0.1) is 4.90 Å². The van der Waals surface area contributed by atoms with E-state index in [9.17, 15) is 13.2 Å². The van der Waals surface area contributed by atoms with Crippen molar-refractivity contribution in [2.45, 2.75) is 4.90 Å². The van der Waals surface area contributed by atoms with Crippen LogP contribution in [0, 0.1) is 0 Å². The monoisotopic (exact) mass is 275 g/mol. The van der Waals surface area contributed by atoms with E-state index in [2.05, 4.69) is 11.5 Å². The summed E-state index contributed by atoms with van der Waals surface area (Å²) in [4.78, 5) is 21.1. The number of benzene rings is 1. The molecule has 1 aromatic rings. The zero-order chi connectivity index (χ0) is 14.2. The maximum absolute atomic E-state index is 11.4. The number of nitrogens with one attached hydrogen (secondary N) is 2. The van der Waals surface area contributed by atoms with Gasteiger partial charge in [0.25, 0.3) is 10.0 Å². The molecule has 10 heteroatoms. The van der Waals surface area contributed by atoms with Gasteiger partial charge >= 0.3 is 12.1 Å². The molecular weight excluding hydrogens is 262 g/mol. The van der Waals surface area contributed by atoms with E-state index < -0.39 is 22.1 Å². The first kappa shape index (κ1) is 15.7. The van der Waals surface area contributed by atoms with Gasteiger partial charge in [-0.25, -0.2) is 18.0 Å². The van der Waals surface area contributed by atoms with Gasteiger partial charge < -0.3 is 17.2 Å². The smallest absolute Gasteiger partial charge is 0.327 e. The lowest BCUT2D eigenvalue weighted by molar-refractivity contribution is 0.247. The summed E-state index contributed by atoms with van der Waals surface area (Å²) in [5.74, 6) is 0. The number of nitrogens with two attached hydrogens (primary N) is 3. The summed E-state index contributed by atoms with van der Waals surface area (Å²) in [6.45, 7) is 0. The molecule has 0 heterocycles. The highest BCUT2D eigenvalue weighted by Crippen LogP contribution is 2.05. The van der Waals surface area contributed by atoms with Crippen LogP contribution in [0.15, 0.2) is 35.2 Å². The number of hydrogen-bond acceptors (Lipinski definition) is 4. The zero-order valence-corrected chi connectivity index (χ0v) is 9.98.